The second kappa shape index (κ2) is 7.09. The lowest BCUT2D eigenvalue weighted by Crippen LogP contribution is -2.26. The predicted octanol–water partition coefficient (Wildman–Crippen LogP) is 1.68. The van der Waals surface area contributed by atoms with Crippen LogP contribution in [0, 0.1) is 5.92 Å². The highest BCUT2D eigenvalue weighted by Crippen LogP contribution is 2.02. The monoisotopic (exact) mass is 249 g/mol. The number of nitrogens with one attached hydrogen (secondary N) is 1. The summed E-state index contributed by atoms with van der Waals surface area (Å²) in [6.45, 7) is 6.70. The summed E-state index contributed by atoms with van der Waals surface area (Å²) in [6, 6.07) is 0. The van der Waals surface area contributed by atoms with Gasteiger partial charge in [-0.15, -0.1) is 0 Å². The van der Waals surface area contributed by atoms with Gasteiger partial charge < -0.3 is 10.1 Å². The summed E-state index contributed by atoms with van der Waals surface area (Å²) >= 11 is 3.17. The highest BCUT2D eigenvalue weighted by Gasteiger charge is 2.07. The molecule has 0 aromatic carbocycles. The first-order valence-electron chi connectivity index (χ1n) is 4.15. The molecule has 1 N–H and O–H groups in total. The molecule has 0 radical (unpaired) electrons. The van der Waals surface area contributed by atoms with Crippen molar-refractivity contribution in [3.63, 3.8) is 0 Å². The molecule has 0 aliphatic carbocycles. The quantitative estimate of drug-likeness (QED) is 0.778. The van der Waals surface area contributed by atoms with Crippen molar-refractivity contribution >= 4 is 21.8 Å². The van der Waals surface area contributed by atoms with Crippen molar-refractivity contribution in [3.8, 4) is 0 Å². The summed E-state index contributed by atoms with van der Waals surface area (Å²) in [7, 11) is 1.63. The third kappa shape index (κ3) is 7.99. The Bertz CT molecular complexity index is 182. The molecule has 4 heteroatoms. The van der Waals surface area contributed by atoms with Crippen LogP contribution in [0.1, 0.15) is 13.3 Å². The lowest BCUT2D eigenvalue weighted by molar-refractivity contribution is -0.122. The Kier molecular flexibility index (Phi) is 6.90. The Morgan fingerprint density at radius 3 is 2.77 bits per heavy atom. The van der Waals surface area contributed by atoms with Gasteiger partial charge in [0, 0.05) is 31.2 Å². The van der Waals surface area contributed by atoms with E-state index in [-0.39, 0.29) is 11.8 Å². The number of ether oxygens (including phenoxy) is 1. The van der Waals surface area contributed by atoms with Crippen molar-refractivity contribution in [3.05, 3.63) is 11.1 Å². The second-order valence-corrected chi connectivity index (χ2v) is 4.18. The average Bonchev–Trinajstić information content (AvgIpc) is 2.01. The van der Waals surface area contributed by atoms with Crippen LogP contribution in [0.25, 0.3) is 0 Å². The molecule has 0 aromatic rings. The van der Waals surface area contributed by atoms with Crippen LogP contribution in [0.2, 0.25) is 0 Å². The maximum Gasteiger partial charge on any atom is 0.220 e. The first kappa shape index (κ1) is 12.7. The fourth-order valence-electron chi connectivity index (χ4n) is 0.927. The molecule has 0 saturated carbocycles. The van der Waals surface area contributed by atoms with Crippen molar-refractivity contribution in [2.75, 3.05) is 20.3 Å². The standard InChI is InChI=1S/C9H16BrNO2/c1-7(6-13-3)4-9(12)11-5-8(2)10/h7H,2,4-6H2,1,3H3,(H,11,12). The van der Waals surface area contributed by atoms with Crippen LogP contribution in [-0.4, -0.2) is 26.2 Å². The summed E-state index contributed by atoms with van der Waals surface area (Å²) in [6.07, 6.45) is 0.494. The summed E-state index contributed by atoms with van der Waals surface area (Å²) < 4.78 is 5.70. The Morgan fingerprint density at radius 1 is 1.69 bits per heavy atom. The number of carbonyl (C=O) groups excluding carboxylic acids is 1. The Balaban J connectivity index is 3.55. The van der Waals surface area contributed by atoms with Crippen LogP contribution in [0.5, 0.6) is 0 Å². The lowest BCUT2D eigenvalue weighted by atomic mass is 10.1. The van der Waals surface area contributed by atoms with Gasteiger partial charge in [-0.2, -0.15) is 0 Å². The first-order valence-corrected chi connectivity index (χ1v) is 4.94. The van der Waals surface area contributed by atoms with Gasteiger partial charge in [-0.3, -0.25) is 4.79 Å². The highest BCUT2D eigenvalue weighted by molar-refractivity contribution is 9.11. The smallest absolute Gasteiger partial charge is 0.220 e. The second-order valence-electron chi connectivity index (χ2n) is 3.06. The molecule has 1 atom stereocenters. The van der Waals surface area contributed by atoms with Gasteiger partial charge in [0.15, 0.2) is 0 Å². The molecule has 0 aliphatic rings. The summed E-state index contributed by atoms with van der Waals surface area (Å²) in [5.74, 6) is 0.291. The molecular weight excluding hydrogens is 234 g/mol. The molecule has 0 bridgehead atoms. The van der Waals surface area contributed by atoms with E-state index in [4.69, 9.17) is 4.74 Å². The van der Waals surface area contributed by atoms with Gasteiger partial charge in [0.25, 0.3) is 0 Å². The van der Waals surface area contributed by atoms with Gasteiger partial charge >= 0.3 is 0 Å². The van der Waals surface area contributed by atoms with Crippen LogP contribution in [0.3, 0.4) is 0 Å². The van der Waals surface area contributed by atoms with E-state index in [0.717, 1.165) is 4.48 Å². The molecule has 13 heavy (non-hydrogen) atoms. The highest BCUT2D eigenvalue weighted by atomic mass is 79.9. The molecule has 76 valence electrons. The van der Waals surface area contributed by atoms with E-state index >= 15 is 0 Å². The van der Waals surface area contributed by atoms with E-state index in [9.17, 15) is 4.79 Å². The van der Waals surface area contributed by atoms with E-state index in [0.29, 0.717) is 19.6 Å². The molecule has 0 rings (SSSR count). The van der Waals surface area contributed by atoms with Crippen molar-refractivity contribution in [1.82, 2.24) is 5.32 Å². The van der Waals surface area contributed by atoms with E-state index < -0.39 is 0 Å². The van der Waals surface area contributed by atoms with E-state index in [1.54, 1.807) is 7.11 Å². The third-order valence-electron chi connectivity index (χ3n) is 1.46. The Morgan fingerprint density at radius 2 is 2.31 bits per heavy atom. The van der Waals surface area contributed by atoms with Crippen LogP contribution < -0.4 is 5.32 Å². The van der Waals surface area contributed by atoms with Crippen LogP contribution in [0.15, 0.2) is 11.1 Å². The van der Waals surface area contributed by atoms with E-state index in [1.807, 2.05) is 6.92 Å². The maximum absolute atomic E-state index is 11.2. The zero-order valence-corrected chi connectivity index (χ0v) is 9.69. The van der Waals surface area contributed by atoms with Gasteiger partial charge in [-0.1, -0.05) is 29.4 Å². The molecule has 1 unspecified atom stereocenters. The van der Waals surface area contributed by atoms with E-state index in [2.05, 4.69) is 27.8 Å². The number of rotatable bonds is 6. The Labute approximate surface area is 87.7 Å². The maximum atomic E-state index is 11.2. The molecule has 0 heterocycles. The van der Waals surface area contributed by atoms with Crippen LogP contribution >= 0.6 is 15.9 Å². The fraction of sp³-hybridized carbons (Fsp3) is 0.667. The molecule has 0 saturated heterocycles. The molecule has 0 aliphatic heterocycles. The number of hydrogen-bond donors (Lipinski definition) is 1. The molecule has 0 fully saturated rings. The number of halogens is 1. The van der Waals surface area contributed by atoms with Gasteiger partial charge in [-0.25, -0.2) is 0 Å². The molecule has 0 spiro atoms. The minimum atomic E-state index is 0.0325. The Hall–Kier alpha value is -0.350. The minimum Gasteiger partial charge on any atom is -0.384 e. The fourth-order valence-corrected chi connectivity index (χ4v) is 1.07. The van der Waals surface area contributed by atoms with Gasteiger partial charge in [-0.05, 0) is 5.92 Å². The lowest BCUT2D eigenvalue weighted by Gasteiger charge is -2.09. The van der Waals surface area contributed by atoms with Crippen LogP contribution in [-0.2, 0) is 9.53 Å². The number of amides is 1. The minimum absolute atomic E-state index is 0.0325. The van der Waals surface area contributed by atoms with Crippen molar-refractivity contribution in [1.29, 1.82) is 0 Å². The van der Waals surface area contributed by atoms with Crippen molar-refractivity contribution in [2.45, 2.75) is 13.3 Å². The first-order chi connectivity index (χ1) is 6.06. The number of hydrogen-bond acceptors (Lipinski definition) is 2. The van der Waals surface area contributed by atoms with Crippen molar-refractivity contribution < 1.29 is 9.53 Å². The average molecular weight is 250 g/mol. The number of methoxy groups -OCH3 is 1. The summed E-state index contributed by atoms with van der Waals surface area (Å²) in [5, 5.41) is 2.73. The third-order valence-corrected chi connectivity index (χ3v) is 1.74. The summed E-state index contributed by atoms with van der Waals surface area (Å²) in [4.78, 5) is 11.2. The van der Waals surface area contributed by atoms with Gasteiger partial charge in [0.1, 0.15) is 0 Å². The normalized spacial score (nSPS) is 12.2. The largest absolute Gasteiger partial charge is 0.384 e. The SMILES string of the molecule is C=C(Br)CNC(=O)CC(C)COC. The number of carbonyl (C=O) groups is 1. The molecule has 1 amide bonds. The van der Waals surface area contributed by atoms with Crippen molar-refractivity contribution in [2.24, 2.45) is 5.92 Å². The topological polar surface area (TPSA) is 38.3 Å². The predicted molar refractivity (Wildman–Crippen MR) is 56.7 cm³/mol. The van der Waals surface area contributed by atoms with E-state index in [1.165, 1.54) is 0 Å². The molecule has 3 nitrogen and oxygen atoms in total. The zero-order valence-electron chi connectivity index (χ0n) is 8.10. The molecular formula is C9H16BrNO2. The van der Waals surface area contributed by atoms with Gasteiger partial charge in [0.2, 0.25) is 5.91 Å². The molecule has 0 aromatic heterocycles. The van der Waals surface area contributed by atoms with Gasteiger partial charge in [0.05, 0.1) is 0 Å². The van der Waals surface area contributed by atoms with Crippen LogP contribution in [0.4, 0.5) is 0 Å². The zero-order chi connectivity index (χ0) is 10.3. The summed E-state index contributed by atoms with van der Waals surface area (Å²) in [5.41, 5.74) is 0.